The van der Waals surface area contributed by atoms with Gasteiger partial charge in [-0.05, 0) is 56.6 Å². The van der Waals surface area contributed by atoms with Gasteiger partial charge < -0.3 is 5.32 Å². The second-order valence-electron chi connectivity index (χ2n) is 4.43. The van der Waals surface area contributed by atoms with Crippen molar-refractivity contribution in [3.8, 4) is 0 Å². The van der Waals surface area contributed by atoms with Crippen LogP contribution in [0.15, 0.2) is 17.0 Å². The maximum absolute atomic E-state index is 11.9. The van der Waals surface area contributed by atoms with Crippen molar-refractivity contribution < 1.29 is 8.42 Å². The van der Waals surface area contributed by atoms with Gasteiger partial charge in [0.1, 0.15) is 0 Å². The van der Waals surface area contributed by atoms with Crippen molar-refractivity contribution in [3.63, 3.8) is 0 Å². The zero-order valence-corrected chi connectivity index (χ0v) is 12.3. The average Bonchev–Trinajstić information content (AvgIpc) is 2.31. The zero-order chi connectivity index (χ0) is 13.8. The molecule has 1 rings (SSSR count). The van der Waals surface area contributed by atoms with Gasteiger partial charge in [0.25, 0.3) is 0 Å². The van der Waals surface area contributed by atoms with E-state index in [1.165, 1.54) is 7.05 Å². The second-order valence-corrected chi connectivity index (χ2v) is 6.28. The summed E-state index contributed by atoms with van der Waals surface area (Å²) in [6.45, 7) is 7.56. The molecule has 0 fully saturated rings. The molecule has 0 saturated heterocycles. The molecule has 0 unspecified atom stereocenters. The van der Waals surface area contributed by atoms with Crippen LogP contribution in [0.4, 0.5) is 0 Å². The second kappa shape index (κ2) is 6.31. The van der Waals surface area contributed by atoms with Crippen molar-refractivity contribution in [3.05, 3.63) is 28.8 Å². The SMILES string of the molecule is CCCNCc1cc(S(=O)(=O)NC)c(C)cc1C. The first-order valence-electron chi connectivity index (χ1n) is 6.16. The van der Waals surface area contributed by atoms with Gasteiger partial charge in [-0.3, -0.25) is 0 Å². The van der Waals surface area contributed by atoms with Crippen molar-refractivity contribution in [1.82, 2.24) is 10.0 Å². The lowest BCUT2D eigenvalue weighted by atomic mass is 10.1. The van der Waals surface area contributed by atoms with Gasteiger partial charge in [0.2, 0.25) is 10.0 Å². The summed E-state index contributed by atoms with van der Waals surface area (Å²) in [5.74, 6) is 0. The smallest absolute Gasteiger partial charge is 0.240 e. The Bertz CT molecular complexity index is 510. The molecule has 0 bridgehead atoms. The fourth-order valence-electron chi connectivity index (χ4n) is 1.86. The minimum atomic E-state index is -3.38. The van der Waals surface area contributed by atoms with E-state index in [4.69, 9.17) is 0 Å². The molecule has 0 amide bonds. The van der Waals surface area contributed by atoms with Crippen LogP contribution in [-0.4, -0.2) is 22.0 Å². The molecule has 1 aromatic rings. The summed E-state index contributed by atoms with van der Waals surface area (Å²) in [6.07, 6.45) is 1.06. The third-order valence-electron chi connectivity index (χ3n) is 2.93. The number of nitrogens with one attached hydrogen (secondary N) is 2. The van der Waals surface area contributed by atoms with E-state index >= 15 is 0 Å². The molecule has 5 heteroatoms. The van der Waals surface area contributed by atoms with Gasteiger partial charge in [-0.2, -0.15) is 0 Å². The lowest BCUT2D eigenvalue weighted by molar-refractivity contribution is 0.587. The Balaban J connectivity index is 3.11. The van der Waals surface area contributed by atoms with E-state index in [1.807, 2.05) is 19.9 Å². The fraction of sp³-hybridized carbons (Fsp3) is 0.538. The first-order chi connectivity index (χ1) is 8.42. The van der Waals surface area contributed by atoms with Crippen molar-refractivity contribution in [1.29, 1.82) is 0 Å². The summed E-state index contributed by atoms with van der Waals surface area (Å²) in [5.41, 5.74) is 2.93. The van der Waals surface area contributed by atoms with E-state index in [0.717, 1.165) is 29.7 Å². The number of sulfonamides is 1. The highest BCUT2D eigenvalue weighted by molar-refractivity contribution is 7.89. The van der Waals surface area contributed by atoms with E-state index in [-0.39, 0.29) is 0 Å². The van der Waals surface area contributed by atoms with E-state index in [1.54, 1.807) is 6.07 Å². The highest BCUT2D eigenvalue weighted by Crippen LogP contribution is 2.20. The van der Waals surface area contributed by atoms with Crippen LogP contribution in [-0.2, 0) is 16.6 Å². The number of rotatable bonds is 6. The maximum atomic E-state index is 11.9. The molecule has 0 aliphatic heterocycles. The molecule has 0 spiro atoms. The Hall–Kier alpha value is -0.910. The monoisotopic (exact) mass is 270 g/mol. The molecule has 4 nitrogen and oxygen atoms in total. The van der Waals surface area contributed by atoms with Crippen LogP contribution in [0, 0.1) is 13.8 Å². The fourth-order valence-corrected chi connectivity index (χ4v) is 2.86. The summed E-state index contributed by atoms with van der Waals surface area (Å²) in [6, 6.07) is 3.69. The topological polar surface area (TPSA) is 58.2 Å². The molecule has 0 heterocycles. The van der Waals surface area contributed by atoms with E-state index in [0.29, 0.717) is 11.4 Å². The first-order valence-corrected chi connectivity index (χ1v) is 7.65. The molecule has 2 N–H and O–H groups in total. The molecule has 0 aromatic heterocycles. The van der Waals surface area contributed by atoms with Gasteiger partial charge >= 0.3 is 0 Å². The molecule has 0 aliphatic carbocycles. The van der Waals surface area contributed by atoms with Gasteiger partial charge in [-0.15, -0.1) is 0 Å². The van der Waals surface area contributed by atoms with Crippen molar-refractivity contribution in [2.24, 2.45) is 0 Å². The van der Waals surface area contributed by atoms with Crippen LogP contribution in [0.5, 0.6) is 0 Å². The lowest BCUT2D eigenvalue weighted by Gasteiger charge is -2.13. The first kappa shape index (κ1) is 15.1. The Labute approximate surface area is 110 Å². The molecule has 0 aliphatic rings. The predicted octanol–water partition coefficient (Wildman–Crippen LogP) is 1.71. The predicted molar refractivity (Wildman–Crippen MR) is 74.2 cm³/mol. The minimum absolute atomic E-state index is 0.365. The third kappa shape index (κ3) is 3.54. The molecule has 0 saturated carbocycles. The number of aryl methyl sites for hydroxylation is 2. The largest absolute Gasteiger partial charge is 0.313 e. The van der Waals surface area contributed by atoms with Crippen LogP contribution >= 0.6 is 0 Å². The number of benzene rings is 1. The van der Waals surface area contributed by atoms with Crippen LogP contribution in [0.2, 0.25) is 0 Å². The van der Waals surface area contributed by atoms with Crippen LogP contribution in [0.3, 0.4) is 0 Å². The summed E-state index contributed by atoms with van der Waals surface area (Å²) in [7, 11) is -1.94. The van der Waals surface area contributed by atoms with Gasteiger partial charge in [0.15, 0.2) is 0 Å². The standard InChI is InChI=1S/C13H22N2O2S/c1-5-6-15-9-12-8-13(18(16,17)14-4)11(3)7-10(12)2/h7-8,14-15H,5-6,9H2,1-4H3. The van der Waals surface area contributed by atoms with Crippen LogP contribution in [0.1, 0.15) is 30.0 Å². The average molecular weight is 270 g/mol. The van der Waals surface area contributed by atoms with Gasteiger partial charge in [0.05, 0.1) is 4.90 Å². The number of hydrogen-bond donors (Lipinski definition) is 2. The van der Waals surface area contributed by atoms with Crippen LogP contribution < -0.4 is 10.0 Å². The molecular formula is C13H22N2O2S. The van der Waals surface area contributed by atoms with Crippen molar-refractivity contribution in [2.75, 3.05) is 13.6 Å². The summed E-state index contributed by atoms with van der Waals surface area (Å²) in [5, 5.41) is 3.29. The van der Waals surface area contributed by atoms with Gasteiger partial charge in [0, 0.05) is 6.54 Å². The van der Waals surface area contributed by atoms with Gasteiger partial charge in [-0.25, -0.2) is 13.1 Å². The quantitative estimate of drug-likeness (QED) is 0.774. The molecule has 0 atom stereocenters. The molecule has 18 heavy (non-hydrogen) atoms. The Morgan fingerprint density at radius 3 is 2.39 bits per heavy atom. The molecule has 1 aromatic carbocycles. The lowest BCUT2D eigenvalue weighted by Crippen LogP contribution is -2.21. The van der Waals surface area contributed by atoms with E-state index < -0.39 is 10.0 Å². The molecular weight excluding hydrogens is 248 g/mol. The van der Waals surface area contributed by atoms with Gasteiger partial charge in [-0.1, -0.05) is 13.0 Å². The van der Waals surface area contributed by atoms with Crippen LogP contribution in [0.25, 0.3) is 0 Å². The van der Waals surface area contributed by atoms with E-state index in [2.05, 4.69) is 17.0 Å². The maximum Gasteiger partial charge on any atom is 0.240 e. The highest BCUT2D eigenvalue weighted by atomic mass is 32.2. The van der Waals surface area contributed by atoms with Crippen molar-refractivity contribution in [2.45, 2.75) is 38.6 Å². The summed E-state index contributed by atoms with van der Waals surface area (Å²) in [4.78, 5) is 0.365. The molecule has 102 valence electrons. The van der Waals surface area contributed by atoms with Crippen molar-refractivity contribution >= 4 is 10.0 Å². The number of hydrogen-bond acceptors (Lipinski definition) is 3. The Morgan fingerprint density at radius 1 is 1.17 bits per heavy atom. The summed E-state index contributed by atoms with van der Waals surface area (Å²) < 4.78 is 26.1. The Morgan fingerprint density at radius 2 is 1.83 bits per heavy atom. The summed E-state index contributed by atoms with van der Waals surface area (Å²) >= 11 is 0. The van der Waals surface area contributed by atoms with E-state index in [9.17, 15) is 8.42 Å². The zero-order valence-electron chi connectivity index (χ0n) is 11.5. The normalized spacial score (nSPS) is 11.8. The third-order valence-corrected chi connectivity index (χ3v) is 4.49. The highest BCUT2D eigenvalue weighted by Gasteiger charge is 2.16. The minimum Gasteiger partial charge on any atom is -0.313 e. The Kier molecular flexibility index (Phi) is 5.31. The molecule has 0 radical (unpaired) electrons.